The number of hydrogen-bond donors (Lipinski definition) is 1. The Labute approximate surface area is 126 Å². The smallest absolute Gasteiger partial charge is 0.122 e. The Morgan fingerprint density at radius 2 is 2.21 bits per heavy atom. The Balaban J connectivity index is 1.80. The van der Waals surface area contributed by atoms with Gasteiger partial charge in [0.2, 0.25) is 0 Å². The monoisotopic (exact) mass is 340 g/mol. The van der Waals surface area contributed by atoms with Crippen molar-refractivity contribution in [3.8, 4) is 5.75 Å². The highest BCUT2D eigenvalue weighted by Gasteiger charge is 2.01. The standard InChI is InChI=1S/C14H17BrN2OS/c1-10-7-12(18-2)8-11(17-10)9-16-6-5-13-3-4-14(15)19-13/h3-4,7-8,16H,5-6,9H2,1-2H3. The minimum Gasteiger partial charge on any atom is -0.497 e. The quantitative estimate of drug-likeness (QED) is 0.816. The predicted molar refractivity (Wildman–Crippen MR) is 83.0 cm³/mol. The van der Waals surface area contributed by atoms with Crippen molar-refractivity contribution >= 4 is 27.3 Å². The SMILES string of the molecule is COc1cc(C)nc(CNCCc2ccc(Br)s2)c1. The highest BCUT2D eigenvalue weighted by Crippen LogP contribution is 2.22. The molecule has 2 rings (SSSR count). The fraction of sp³-hybridized carbons (Fsp3) is 0.357. The summed E-state index contributed by atoms with van der Waals surface area (Å²) in [7, 11) is 1.68. The molecule has 0 atom stereocenters. The van der Waals surface area contributed by atoms with Crippen LogP contribution in [0, 0.1) is 6.92 Å². The average Bonchev–Trinajstić information content (AvgIpc) is 2.80. The third-order valence-corrected chi connectivity index (χ3v) is 4.38. The van der Waals surface area contributed by atoms with Gasteiger partial charge in [-0.1, -0.05) is 0 Å². The minimum atomic E-state index is 0.768. The van der Waals surface area contributed by atoms with Gasteiger partial charge in [-0.2, -0.15) is 0 Å². The molecule has 0 saturated heterocycles. The number of aromatic nitrogens is 1. The van der Waals surface area contributed by atoms with Gasteiger partial charge in [0.1, 0.15) is 5.75 Å². The van der Waals surface area contributed by atoms with Crippen molar-refractivity contribution in [2.24, 2.45) is 0 Å². The van der Waals surface area contributed by atoms with Crippen molar-refractivity contribution < 1.29 is 4.74 Å². The van der Waals surface area contributed by atoms with Gasteiger partial charge in [-0.15, -0.1) is 11.3 Å². The second-order valence-electron chi connectivity index (χ2n) is 4.27. The van der Waals surface area contributed by atoms with E-state index in [1.165, 1.54) is 8.66 Å². The molecule has 0 aliphatic rings. The van der Waals surface area contributed by atoms with Crippen LogP contribution in [-0.2, 0) is 13.0 Å². The number of halogens is 1. The molecule has 102 valence electrons. The summed E-state index contributed by atoms with van der Waals surface area (Å²) in [5, 5.41) is 3.41. The summed E-state index contributed by atoms with van der Waals surface area (Å²) in [5.41, 5.74) is 2.00. The van der Waals surface area contributed by atoms with Gasteiger partial charge in [0.05, 0.1) is 16.6 Å². The molecule has 0 bridgehead atoms. The molecule has 1 N–H and O–H groups in total. The highest BCUT2D eigenvalue weighted by atomic mass is 79.9. The van der Waals surface area contributed by atoms with Crippen LogP contribution in [-0.4, -0.2) is 18.6 Å². The Morgan fingerprint density at radius 1 is 1.37 bits per heavy atom. The summed E-state index contributed by atoms with van der Waals surface area (Å²) >= 11 is 5.26. The molecule has 5 heteroatoms. The third kappa shape index (κ3) is 4.60. The lowest BCUT2D eigenvalue weighted by Crippen LogP contribution is -2.17. The van der Waals surface area contributed by atoms with Crippen molar-refractivity contribution in [1.29, 1.82) is 0 Å². The van der Waals surface area contributed by atoms with E-state index in [1.54, 1.807) is 18.4 Å². The zero-order valence-corrected chi connectivity index (χ0v) is 13.5. The van der Waals surface area contributed by atoms with Crippen LogP contribution in [0.25, 0.3) is 0 Å². The molecule has 0 saturated carbocycles. The van der Waals surface area contributed by atoms with Gasteiger partial charge in [0, 0.05) is 35.8 Å². The van der Waals surface area contributed by atoms with E-state index in [9.17, 15) is 0 Å². The molecular formula is C14H17BrN2OS. The second-order valence-corrected chi connectivity index (χ2v) is 6.82. The first kappa shape index (κ1) is 14.5. The number of nitrogens with one attached hydrogen (secondary N) is 1. The lowest BCUT2D eigenvalue weighted by atomic mass is 10.3. The van der Waals surface area contributed by atoms with Crippen molar-refractivity contribution in [2.45, 2.75) is 19.9 Å². The van der Waals surface area contributed by atoms with Crippen molar-refractivity contribution in [1.82, 2.24) is 10.3 Å². The first-order chi connectivity index (χ1) is 9.17. The van der Waals surface area contributed by atoms with E-state index in [4.69, 9.17) is 4.74 Å². The number of thiophene rings is 1. The van der Waals surface area contributed by atoms with Crippen molar-refractivity contribution in [3.63, 3.8) is 0 Å². The number of pyridine rings is 1. The third-order valence-electron chi connectivity index (χ3n) is 2.70. The van der Waals surface area contributed by atoms with Gasteiger partial charge in [-0.3, -0.25) is 4.98 Å². The van der Waals surface area contributed by atoms with Crippen LogP contribution in [0.5, 0.6) is 5.75 Å². The van der Waals surface area contributed by atoms with Crippen LogP contribution in [0.15, 0.2) is 28.1 Å². The van der Waals surface area contributed by atoms with Gasteiger partial charge in [-0.25, -0.2) is 0 Å². The number of rotatable bonds is 6. The normalized spacial score (nSPS) is 10.7. The van der Waals surface area contributed by atoms with E-state index in [0.717, 1.165) is 36.6 Å². The van der Waals surface area contributed by atoms with Gasteiger partial charge in [0.15, 0.2) is 0 Å². The predicted octanol–water partition coefficient (Wildman–Crippen LogP) is 3.55. The second kappa shape index (κ2) is 7.03. The molecule has 0 aliphatic carbocycles. The molecule has 0 fully saturated rings. The van der Waals surface area contributed by atoms with Crippen LogP contribution in [0.1, 0.15) is 16.3 Å². The molecule has 2 aromatic heterocycles. The Hall–Kier alpha value is -0.910. The Kier molecular flexibility index (Phi) is 5.36. The van der Waals surface area contributed by atoms with E-state index < -0.39 is 0 Å². The number of ether oxygens (including phenoxy) is 1. The summed E-state index contributed by atoms with van der Waals surface area (Å²) in [4.78, 5) is 5.87. The number of nitrogens with zero attached hydrogens (tertiary/aromatic N) is 1. The molecule has 19 heavy (non-hydrogen) atoms. The zero-order valence-electron chi connectivity index (χ0n) is 11.1. The average molecular weight is 341 g/mol. The fourth-order valence-electron chi connectivity index (χ4n) is 1.83. The Morgan fingerprint density at radius 3 is 2.89 bits per heavy atom. The van der Waals surface area contributed by atoms with E-state index in [-0.39, 0.29) is 0 Å². The molecule has 0 unspecified atom stereocenters. The molecule has 2 aromatic rings. The molecule has 0 spiro atoms. The Bertz CT molecular complexity index is 542. The van der Waals surface area contributed by atoms with Gasteiger partial charge >= 0.3 is 0 Å². The molecule has 0 radical (unpaired) electrons. The van der Waals surface area contributed by atoms with E-state index in [0.29, 0.717) is 0 Å². The first-order valence-corrected chi connectivity index (χ1v) is 7.75. The molecule has 0 aliphatic heterocycles. The van der Waals surface area contributed by atoms with Crippen LogP contribution in [0.3, 0.4) is 0 Å². The molecule has 2 heterocycles. The maximum atomic E-state index is 5.24. The molecule has 0 aromatic carbocycles. The van der Waals surface area contributed by atoms with E-state index in [1.807, 2.05) is 19.1 Å². The maximum absolute atomic E-state index is 5.24. The molecule has 3 nitrogen and oxygen atoms in total. The lowest BCUT2D eigenvalue weighted by molar-refractivity contribution is 0.412. The largest absolute Gasteiger partial charge is 0.497 e. The topological polar surface area (TPSA) is 34.1 Å². The van der Waals surface area contributed by atoms with Gasteiger partial charge in [0.25, 0.3) is 0 Å². The van der Waals surface area contributed by atoms with Crippen LogP contribution >= 0.6 is 27.3 Å². The highest BCUT2D eigenvalue weighted by molar-refractivity contribution is 9.11. The summed E-state index contributed by atoms with van der Waals surface area (Å²) in [6.45, 7) is 3.70. The zero-order chi connectivity index (χ0) is 13.7. The van der Waals surface area contributed by atoms with E-state index >= 15 is 0 Å². The van der Waals surface area contributed by atoms with Crippen LogP contribution < -0.4 is 10.1 Å². The minimum absolute atomic E-state index is 0.768. The van der Waals surface area contributed by atoms with Gasteiger partial charge in [-0.05, 0) is 41.4 Å². The maximum Gasteiger partial charge on any atom is 0.122 e. The van der Waals surface area contributed by atoms with Gasteiger partial charge < -0.3 is 10.1 Å². The summed E-state index contributed by atoms with van der Waals surface area (Å²) in [6, 6.07) is 8.16. The van der Waals surface area contributed by atoms with Crippen molar-refractivity contribution in [2.75, 3.05) is 13.7 Å². The lowest BCUT2D eigenvalue weighted by Gasteiger charge is -2.07. The first-order valence-electron chi connectivity index (χ1n) is 6.14. The summed E-state index contributed by atoms with van der Waals surface area (Å²) in [6.07, 6.45) is 1.04. The van der Waals surface area contributed by atoms with Crippen molar-refractivity contribution in [3.05, 3.63) is 44.3 Å². The molecule has 0 amide bonds. The molecular weight excluding hydrogens is 324 g/mol. The fourth-order valence-corrected chi connectivity index (χ4v) is 3.31. The number of methoxy groups -OCH3 is 1. The number of aryl methyl sites for hydroxylation is 1. The van der Waals surface area contributed by atoms with E-state index in [2.05, 4.69) is 38.4 Å². The summed E-state index contributed by atoms with van der Waals surface area (Å²) < 4.78 is 6.43. The van der Waals surface area contributed by atoms with Crippen LogP contribution in [0.2, 0.25) is 0 Å². The van der Waals surface area contributed by atoms with Crippen LogP contribution in [0.4, 0.5) is 0 Å². The summed E-state index contributed by atoms with van der Waals surface area (Å²) in [5.74, 6) is 0.867. The number of hydrogen-bond acceptors (Lipinski definition) is 4.